The van der Waals surface area contributed by atoms with E-state index in [0.717, 1.165) is 11.1 Å². The number of hydrogen-bond donors (Lipinski definition) is 1. The van der Waals surface area contributed by atoms with Crippen LogP contribution in [0.3, 0.4) is 0 Å². The average Bonchev–Trinajstić information content (AvgIpc) is 2.55. The van der Waals surface area contributed by atoms with Crippen LogP contribution in [0.2, 0.25) is 0 Å². The van der Waals surface area contributed by atoms with E-state index in [1.165, 1.54) is 6.07 Å². The fourth-order valence-corrected chi connectivity index (χ4v) is 3.21. The third kappa shape index (κ3) is 5.06. The summed E-state index contributed by atoms with van der Waals surface area (Å²) in [5.41, 5.74) is 1.83. The van der Waals surface area contributed by atoms with E-state index in [1.54, 1.807) is 26.2 Å². The van der Waals surface area contributed by atoms with E-state index in [0.29, 0.717) is 19.0 Å². The SMILES string of the molecule is COc1ccc(S(=O)(=O)NCCOCc2ccccc2)cc1C. The summed E-state index contributed by atoms with van der Waals surface area (Å²) >= 11 is 0. The minimum atomic E-state index is -3.54. The summed E-state index contributed by atoms with van der Waals surface area (Å²) in [6.07, 6.45) is 0. The lowest BCUT2D eigenvalue weighted by atomic mass is 10.2. The molecule has 0 saturated carbocycles. The Morgan fingerprint density at radius 1 is 1.09 bits per heavy atom. The smallest absolute Gasteiger partial charge is 0.240 e. The number of nitrogens with one attached hydrogen (secondary N) is 1. The van der Waals surface area contributed by atoms with E-state index in [4.69, 9.17) is 9.47 Å². The fourth-order valence-electron chi connectivity index (χ4n) is 2.11. The van der Waals surface area contributed by atoms with Crippen molar-refractivity contribution in [2.75, 3.05) is 20.3 Å². The molecular weight excluding hydrogens is 314 g/mol. The summed E-state index contributed by atoms with van der Waals surface area (Å²) in [6.45, 7) is 2.80. The Labute approximate surface area is 137 Å². The minimum absolute atomic E-state index is 0.221. The highest BCUT2D eigenvalue weighted by atomic mass is 32.2. The van der Waals surface area contributed by atoms with E-state index in [-0.39, 0.29) is 11.4 Å². The van der Waals surface area contributed by atoms with E-state index in [1.807, 2.05) is 30.3 Å². The summed E-state index contributed by atoms with van der Waals surface area (Å²) in [5.74, 6) is 0.662. The van der Waals surface area contributed by atoms with Crippen molar-refractivity contribution in [1.82, 2.24) is 4.72 Å². The Balaban J connectivity index is 1.83. The Hall–Kier alpha value is -1.89. The largest absolute Gasteiger partial charge is 0.496 e. The molecular formula is C17H21NO4S. The number of methoxy groups -OCH3 is 1. The first-order valence-electron chi connectivity index (χ1n) is 7.29. The molecule has 0 saturated heterocycles. The minimum Gasteiger partial charge on any atom is -0.496 e. The first-order valence-corrected chi connectivity index (χ1v) is 8.77. The molecule has 0 unspecified atom stereocenters. The number of ether oxygens (including phenoxy) is 2. The predicted octanol–water partition coefficient (Wildman–Crippen LogP) is 2.50. The first kappa shape index (κ1) is 17.5. The summed E-state index contributed by atoms with van der Waals surface area (Å²) in [6, 6.07) is 14.5. The van der Waals surface area contributed by atoms with Crippen LogP contribution in [0.1, 0.15) is 11.1 Å². The van der Waals surface area contributed by atoms with Crippen molar-refractivity contribution < 1.29 is 17.9 Å². The predicted molar refractivity (Wildman–Crippen MR) is 89.0 cm³/mol. The second-order valence-corrected chi connectivity index (χ2v) is 6.83. The normalized spacial score (nSPS) is 11.4. The van der Waals surface area contributed by atoms with Crippen LogP contribution in [-0.4, -0.2) is 28.7 Å². The highest BCUT2D eigenvalue weighted by Gasteiger charge is 2.14. The lowest BCUT2D eigenvalue weighted by Gasteiger charge is -2.10. The van der Waals surface area contributed by atoms with Gasteiger partial charge < -0.3 is 9.47 Å². The Morgan fingerprint density at radius 3 is 2.48 bits per heavy atom. The quantitative estimate of drug-likeness (QED) is 0.753. The van der Waals surface area contributed by atoms with Crippen molar-refractivity contribution in [1.29, 1.82) is 0 Å². The number of sulfonamides is 1. The van der Waals surface area contributed by atoms with Gasteiger partial charge in [-0.1, -0.05) is 30.3 Å². The fraction of sp³-hybridized carbons (Fsp3) is 0.294. The van der Waals surface area contributed by atoms with Gasteiger partial charge in [0.25, 0.3) is 0 Å². The summed E-state index contributed by atoms with van der Waals surface area (Å²) in [4.78, 5) is 0.221. The molecule has 0 radical (unpaired) electrons. The molecule has 2 aromatic carbocycles. The van der Waals surface area contributed by atoms with Crippen molar-refractivity contribution in [3.8, 4) is 5.75 Å². The average molecular weight is 335 g/mol. The molecule has 5 nitrogen and oxygen atoms in total. The van der Waals surface area contributed by atoms with Gasteiger partial charge in [-0.05, 0) is 36.2 Å². The van der Waals surface area contributed by atoms with Gasteiger partial charge in [0.15, 0.2) is 0 Å². The zero-order valence-electron chi connectivity index (χ0n) is 13.3. The van der Waals surface area contributed by atoms with E-state index in [2.05, 4.69) is 4.72 Å². The van der Waals surface area contributed by atoms with Crippen molar-refractivity contribution >= 4 is 10.0 Å². The molecule has 0 amide bonds. The third-order valence-electron chi connectivity index (χ3n) is 3.33. The maximum absolute atomic E-state index is 12.2. The van der Waals surface area contributed by atoms with Crippen LogP contribution < -0.4 is 9.46 Å². The van der Waals surface area contributed by atoms with Crippen LogP contribution in [0.5, 0.6) is 5.75 Å². The van der Waals surface area contributed by atoms with E-state index < -0.39 is 10.0 Å². The van der Waals surface area contributed by atoms with Gasteiger partial charge in [-0.3, -0.25) is 0 Å². The molecule has 2 aromatic rings. The number of hydrogen-bond acceptors (Lipinski definition) is 4. The van der Waals surface area contributed by atoms with Crippen LogP contribution >= 0.6 is 0 Å². The van der Waals surface area contributed by atoms with Crippen molar-refractivity contribution in [2.24, 2.45) is 0 Å². The summed E-state index contributed by atoms with van der Waals surface area (Å²) in [7, 11) is -1.98. The van der Waals surface area contributed by atoms with Gasteiger partial charge in [-0.25, -0.2) is 13.1 Å². The Kier molecular flexibility index (Phi) is 6.15. The molecule has 0 spiro atoms. The van der Waals surface area contributed by atoms with Gasteiger partial charge in [0, 0.05) is 6.54 Å². The maximum atomic E-state index is 12.2. The monoisotopic (exact) mass is 335 g/mol. The molecule has 0 aromatic heterocycles. The van der Waals surface area contributed by atoms with Crippen LogP contribution in [0, 0.1) is 6.92 Å². The van der Waals surface area contributed by atoms with Gasteiger partial charge in [0.2, 0.25) is 10.0 Å². The molecule has 0 aliphatic heterocycles. The maximum Gasteiger partial charge on any atom is 0.240 e. The Morgan fingerprint density at radius 2 is 1.83 bits per heavy atom. The van der Waals surface area contributed by atoms with Crippen molar-refractivity contribution in [2.45, 2.75) is 18.4 Å². The molecule has 0 fully saturated rings. The number of aryl methyl sites for hydroxylation is 1. The number of benzene rings is 2. The third-order valence-corrected chi connectivity index (χ3v) is 4.79. The second-order valence-electron chi connectivity index (χ2n) is 5.07. The van der Waals surface area contributed by atoms with Gasteiger partial charge in [0.05, 0.1) is 25.2 Å². The first-order chi connectivity index (χ1) is 11.0. The van der Waals surface area contributed by atoms with Crippen LogP contribution in [-0.2, 0) is 21.4 Å². The molecule has 124 valence electrons. The van der Waals surface area contributed by atoms with Gasteiger partial charge in [-0.15, -0.1) is 0 Å². The van der Waals surface area contributed by atoms with E-state index in [9.17, 15) is 8.42 Å². The zero-order valence-corrected chi connectivity index (χ0v) is 14.1. The van der Waals surface area contributed by atoms with E-state index >= 15 is 0 Å². The Bertz CT molecular complexity index is 730. The molecule has 0 bridgehead atoms. The van der Waals surface area contributed by atoms with Gasteiger partial charge in [-0.2, -0.15) is 0 Å². The molecule has 0 aliphatic rings. The summed E-state index contributed by atoms with van der Waals surface area (Å²) in [5, 5.41) is 0. The summed E-state index contributed by atoms with van der Waals surface area (Å²) < 4.78 is 37.5. The lowest BCUT2D eigenvalue weighted by molar-refractivity contribution is 0.126. The molecule has 0 atom stereocenters. The standard InChI is InChI=1S/C17H21NO4S/c1-14-12-16(8-9-17(14)21-2)23(19,20)18-10-11-22-13-15-6-4-3-5-7-15/h3-9,12,18H,10-11,13H2,1-2H3. The molecule has 0 heterocycles. The topological polar surface area (TPSA) is 64.6 Å². The lowest BCUT2D eigenvalue weighted by Crippen LogP contribution is -2.27. The highest BCUT2D eigenvalue weighted by molar-refractivity contribution is 7.89. The molecule has 6 heteroatoms. The number of rotatable bonds is 8. The van der Waals surface area contributed by atoms with Gasteiger partial charge >= 0.3 is 0 Å². The van der Waals surface area contributed by atoms with Crippen molar-refractivity contribution in [3.05, 3.63) is 59.7 Å². The molecule has 2 rings (SSSR count). The molecule has 0 aliphatic carbocycles. The van der Waals surface area contributed by atoms with Crippen molar-refractivity contribution in [3.63, 3.8) is 0 Å². The van der Waals surface area contributed by atoms with Crippen LogP contribution in [0.4, 0.5) is 0 Å². The van der Waals surface area contributed by atoms with Gasteiger partial charge in [0.1, 0.15) is 5.75 Å². The van der Waals surface area contributed by atoms with Crippen LogP contribution in [0.15, 0.2) is 53.4 Å². The molecule has 1 N–H and O–H groups in total. The van der Waals surface area contributed by atoms with Crippen LogP contribution in [0.25, 0.3) is 0 Å². The zero-order chi connectivity index (χ0) is 16.7. The highest BCUT2D eigenvalue weighted by Crippen LogP contribution is 2.21. The second kappa shape index (κ2) is 8.10. The molecule has 23 heavy (non-hydrogen) atoms.